The number of carbonyl (C=O) groups excluding carboxylic acids is 2. The molecule has 0 aliphatic rings. The Morgan fingerprint density at radius 2 is 1.67 bits per heavy atom. The fourth-order valence-corrected chi connectivity index (χ4v) is 3.10. The Bertz CT molecular complexity index is 1310. The second-order valence-corrected chi connectivity index (χ2v) is 6.50. The van der Waals surface area contributed by atoms with E-state index >= 15 is 0 Å². The fourth-order valence-electron chi connectivity index (χ4n) is 3.10. The number of hydrogen-bond acceptors (Lipinski definition) is 6. The van der Waals surface area contributed by atoms with E-state index in [0.717, 1.165) is 10.8 Å². The summed E-state index contributed by atoms with van der Waals surface area (Å²) >= 11 is 0. The number of rotatable bonds is 5. The second kappa shape index (κ2) is 8.08. The van der Waals surface area contributed by atoms with Gasteiger partial charge in [-0.25, -0.2) is 9.59 Å². The number of carbonyl (C=O) groups is 2. The Hall–Kier alpha value is -4.13. The van der Waals surface area contributed by atoms with Gasteiger partial charge in [-0.05, 0) is 47.9 Å². The van der Waals surface area contributed by atoms with Crippen LogP contribution in [0.15, 0.2) is 75.9 Å². The van der Waals surface area contributed by atoms with Gasteiger partial charge in [-0.1, -0.05) is 18.2 Å². The quantitative estimate of drug-likeness (QED) is 0.310. The van der Waals surface area contributed by atoms with Crippen molar-refractivity contribution in [3.8, 4) is 5.75 Å². The number of hydrogen-bond donors (Lipinski definition) is 1. The molecular formula is C23H17NO6. The van der Waals surface area contributed by atoms with Gasteiger partial charge in [0.05, 0.1) is 18.1 Å². The van der Waals surface area contributed by atoms with Crippen molar-refractivity contribution in [3.05, 3.63) is 82.7 Å². The lowest BCUT2D eigenvalue weighted by atomic mass is 10.1. The predicted molar refractivity (Wildman–Crippen MR) is 112 cm³/mol. The van der Waals surface area contributed by atoms with Gasteiger partial charge in [0.15, 0.2) is 6.61 Å². The number of methoxy groups -OCH3 is 1. The van der Waals surface area contributed by atoms with Crippen LogP contribution in [-0.2, 0) is 9.53 Å². The number of anilines is 1. The average Bonchev–Trinajstić information content (AvgIpc) is 2.77. The molecule has 30 heavy (non-hydrogen) atoms. The lowest BCUT2D eigenvalue weighted by Gasteiger charge is -2.09. The molecule has 4 rings (SSSR count). The number of esters is 1. The van der Waals surface area contributed by atoms with Gasteiger partial charge in [-0.3, -0.25) is 4.79 Å². The van der Waals surface area contributed by atoms with Crippen molar-refractivity contribution < 1.29 is 23.5 Å². The minimum atomic E-state index is -0.452. The Morgan fingerprint density at radius 1 is 0.933 bits per heavy atom. The molecule has 7 nitrogen and oxygen atoms in total. The summed E-state index contributed by atoms with van der Waals surface area (Å²) in [6.45, 7) is -0.234. The van der Waals surface area contributed by atoms with E-state index in [2.05, 4.69) is 10.1 Å². The molecule has 0 aliphatic carbocycles. The first kappa shape index (κ1) is 19.2. The molecule has 0 fully saturated rings. The highest BCUT2D eigenvalue weighted by atomic mass is 16.5. The van der Waals surface area contributed by atoms with E-state index in [1.165, 1.54) is 7.11 Å². The molecular weight excluding hydrogens is 386 g/mol. The summed E-state index contributed by atoms with van der Waals surface area (Å²) in [5.41, 5.74) is 0.863. The van der Waals surface area contributed by atoms with E-state index in [-0.39, 0.29) is 12.5 Å². The van der Waals surface area contributed by atoms with Gasteiger partial charge in [0, 0.05) is 17.1 Å². The van der Waals surface area contributed by atoms with Gasteiger partial charge >= 0.3 is 11.6 Å². The highest BCUT2D eigenvalue weighted by molar-refractivity contribution is 6.04. The first-order valence-corrected chi connectivity index (χ1v) is 9.12. The van der Waals surface area contributed by atoms with Crippen molar-refractivity contribution in [1.29, 1.82) is 0 Å². The molecule has 4 aromatic rings. The molecule has 0 atom stereocenters. The largest absolute Gasteiger partial charge is 0.484 e. The molecule has 1 heterocycles. The van der Waals surface area contributed by atoms with E-state index in [1.807, 2.05) is 12.1 Å². The molecule has 1 N–H and O–H groups in total. The molecule has 1 aromatic heterocycles. The Labute approximate surface area is 170 Å². The van der Waals surface area contributed by atoms with Crippen LogP contribution in [0.1, 0.15) is 10.4 Å². The van der Waals surface area contributed by atoms with E-state index in [1.54, 1.807) is 54.6 Å². The van der Waals surface area contributed by atoms with E-state index < -0.39 is 11.6 Å². The second-order valence-electron chi connectivity index (χ2n) is 6.50. The van der Waals surface area contributed by atoms with Crippen LogP contribution in [0.5, 0.6) is 5.75 Å². The van der Waals surface area contributed by atoms with Crippen molar-refractivity contribution in [2.24, 2.45) is 0 Å². The van der Waals surface area contributed by atoms with Crippen molar-refractivity contribution >= 4 is 39.3 Å². The van der Waals surface area contributed by atoms with Crippen LogP contribution in [0.3, 0.4) is 0 Å². The number of ether oxygens (including phenoxy) is 2. The summed E-state index contributed by atoms with van der Waals surface area (Å²) in [6, 6.07) is 18.6. The van der Waals surface area contributed by atoms with Gasteiger partial charge in [0.1, 0.15) is 11.3 Å². The van der Waals surface area contributed by atoms with Crippen LogP contribution in [0.2, 0.25) is 0 Å². The lowest BCUT2D eigenvalue weighted by Crippen LogP contribution is -2.20. The summed E-state index contributed by atoms with van der Waals surface area (Å²) < 4.78 is 15.5. The molecule has 7 heteroatoms. The van der Waals surface area contributed by atoms with Crippen LogP contribution in [0.4, 0.5) is 5.69 Å². The SMILES string of the molecule is COC(=O)c1ccc(NC(=O)COc2ccc3c(c2)oc(=O)c2ccccc23)cc1. The van der Waals surface area contributed by atoms with E-state index in [0.29, 0.717) is 28.0 Å². The molecule has 0 saturated heterocycles. The molecule has 0 saturated carbocycles. The monoisotopic (exact) mass is 403 g/mol. The zero-order chi connectivity index (χ0) is 21.1. The zero-order valence-electron chi connectivity index (χ0n) is 16.0. The maximum Gasteiger partial charge on any atom is 0.344 e. The van der Waals surface area contributed by atoms with Crippen molar-refractivity contribution in [3.63, 3.8) is 0 Å². The third kappa shape index (κ3) is 3.86. The average molecular weight is 403 g/mol. The van der Waals surface area contributed by atoms with Crippen LogP contribution in [-0.4, -0.2) is 25.6 Å². The van der Waals surface area contributed by atoms with Crippen molar-refractivity contribution in [2.45, 2.75) is 0 Å². The summed E-state index contributed by atoms with van der Waals surface area (Å²) in [5.74, 6) is -0.426. The number of fused-ring (bicyclic) bond motifs is 3. The molecule has 0 bridgehead atoms. The van der Waals surface area contributed by atoms with Gasteiger partial charge in [-0.2, -0.15) is 0 Å². The number of benzene rings is 3. The summed E-state index contributed by atoms with van der Waals surface area (Å²) in [5, 5.41) is 4.77. The first-order chi connectivity index (χ1) is 14.5. The number of amides is 1. The van der Waals surface area contributed by atoms with E-state index in [4.69, 9.17) is 9.15 Å². The molecule has 0 unspecified atom stereocenters. The number of nitrogens with one attached hydrogen (secondary N) is 1. The molecule has 150 valence electrons. The van der Waals surface area contributed by atoms with Gasteiger partial charge < -0.3 is 19.2 Å². The topological polar surface area (TPSA) is 94.8 Å². The fraction of sp³-hybridized carbons (Fsp3) is 0.0870. The van der Waals surface area contributed by atoms with Crippen LogP contribution in [0, 0.1) is 0 Å². The summed E-state index contributed by atoms with van der Waals surface area (Å²) in [6.07, 6.45) is 0. The lowest BCUT2D eigenvalue weighted by molar-refractivity contribution is -0.118. The Kier molecular flexibility index (Phi) is 5.17. The van der Waals surface area contributed by atoms with Crippen LogP contribution >= 0.6 is 0 Å². The summed E-state index contributed by atoms with van der Waals surface area (Å²) in [4.78, 5) is 35.7. The minimum absolute atomic E-state index is 0.234. The Morgan fingerprint density at radius 3 is 2.40 bits per heavy atom. The van der Waals surface area contributed by atoms with Crippen LogP contribution in [0.25, 0.3) is 21.7 Å². The van der Waals surface area contributed by atoms with Gasteiger partial charge in [0.2, 0.25) is 0 Å². The third-order valence-corrected chi connectivity index (χ3v) is 4.55. The highest BCUT2D eigenvalue weighted by Crippen LogP contribution is 2.26. The van der Waals surface area contributed by atoms with Gasteiger partial charge in [-0.15, -0.1) is 0 Å². The first-order valence-electron chi connectivity index (χ1n) is 9.12. The smallest absolute Gasteiger partial charge is 0.344 e. The van der Waals surface area contributed by atoms with Crippen molar-refractivity contribution in [1.82, 2.24) is 0 Å². The maximum absolute atomic E-state index is 12.2. The maximum atomic E-state index is 12.2. The molecule has 3 aromatic carbocycles. The van der Waals surface area contributed by atoms with Crippen LogP contribution < -0.4 is 15.7 Å². The molecule has 1 amide bonds. The standard InChI is InChI=1S/C23H17NO6/c1-28-22(26)14-6-8-15(9-7-14)24-21(25)13-29-16-10-11-18-17-4-2-3-5-19(17)23(27)30-20(18)12-16/h2-12H,13H2,1H3,(H,24,25). The Balaban J connectivity index is 1.45. The zero-order valence-corrected chi connectivity index (χ0v) is 16.0. The third-order valence-electron chi connectivity index (χ3n) is 4.55. The van der Waals surface area contributed by atoms with Gasteiger partial charge in [0.25, 0.3) is 5.91 Å². The van der Waals surface area contributed by atoms with E-state index in [9.17, 15) is 14.4 Å². The van der Waals surface area contributed by atoms with Crippen molar-refractivity contribution in [2.75, 3.05) is 19.0 Å². The highest BCUT2D eigenvalue weighted by Gasteiger charge is 2.10. The molecule has 0 aliphatic heterocycles. The molecule has 0 radical (unpaired) electrons. The molecule has 0 spiro atoms. The summed E-state index contributed by atoms with van der Waals surface area (Å²) in [7, 11) is 1.30. The normalized spacial score (nSPS) is 10.7. The minimum Gasteiger partial charge on any atom is -0.484 e. The predicted octanol–water partition coefficient (Wildman–Crippen LogP) is 3.75.